The maximum Gasteiger partial charge on any atom is 0.252 e. The number of methoxy groups -OCH3 is 1. The summed E-state index contributed by atoms with van der Waals surface area (Å²) in [6.07, 6.45) is 1.82. The number of amides is 2. The highest BCUT2D eigenvalue weighted by molar-refractivity contribution is 5.87. The standard InChI is InChI=1S/C17H22F2N2O3/c1-20(10-12-6-7-13(18)9-14(12)19)16(22)11-21-8-4-3-5-15(24-2)17(21)23/h6-7,9,15H,3-5,8,10-11H2,1-2H3. The molecule has 1 aromatic carbocycles. The molecular formula is C17H22F2N2O3. The van der Waals surface area contributed by atoms with Gasteiger partial charge in [0, 0.05) is 38.9 Å². The zero-order chi connectivity index (χ0) is 17.7. The van der Waals surface area contributed by atoms with E-state index in [1.165, 1.54) is 30.0 Å². The van der Waals surface area contributed by atoms with Crippen molar-refractivity contribution in [1.82, 2.24) is 9.80 Å². The van der Waals surface area contributed by atoms with Crippen LogP contribution in [0.1, 0.15) is 24.8 Å². The van der Waals surface area contributed by atoms with Crippen molar-refractivity contribution in [3.63, 3.8) is 0 Å². The average molecular weight is 340 g/mol. The zero-order valence-corrected chi connectivity index (χ0v) is 13.9. The number of benzene rings is 1. The SMILES string of the molecule is COC1CCCCN(CC(=O)N(C)Cc2ccc(F)cc2F)C1=O. The molecule has 0 N–H and O–H groups in total. The summed E-state index contributed by atoms with van der Waals surface area (Å²) in [5.41, 5.74) is 0.226. The van der Waals surface area contributed by atoms with Crippen LogP contribution in [0.5, 0.6) is 0 Å². The smallest absolute Gasteiger partial charge is 0.252 e. The second kappa shape index (κ2) is 8.19. The molecule has 1 aliphatic heterocycles. The molecule has 1 saturated heterocycles. The number of hydrogen-bond acceptors (Lipinski definition) is 3. The quantitative estimate of drug-likeness (QED) is 0.823. The summed E-state index contributed by atoms with van der Waals surface area (Å²) in [4.78, 5) is 27.5. The van der Waals surface area contributed by atoms with Gasteiger partial charge in [-0.25, -0.2) is 8.78 Å². The summed E-state index contributed by atoms with van der Waals surface area (Å²) >= 11 is 0. The van der Waals surface area contributed by atoms with Gasteiger partial charge in [-0.3, -0.25) is 9.59 Å². The maximum absolute atomic E-state index is 13.7. The van der Waals surface area contributed by atoms with Crippen LogP contribution in [0, 0.1) is 11.6 Å². The predicted molar refractivity (Wildman–Crippen MR) is 84.1 cm³/mol. The zero-order valence-electron chi connectivity index (χ0n) is 13.9. The molecule has 0 radical (unpaired) electrons. The second-order valence-corrected chi connectivity index (χ2v) is 5.97. The van der Waals surface area contributed by atoms with Crippen LogP contribution >= 0.6 is 0 Å². The Morgan fingerprint density at radius 1 is 1.38 bits per heavy atom. The van der Waals surface area contributed by atoms with Crippen molar-refractivity contribution in [2.45, 2.75) is 31.9 Å². The molecule has 1 atom stereocenters. The Morgan fingerprint density at radius 2 is 2.12 bits per heavy atom. The lowest BCUT2D eigenvalue weighted by atomic mass is 10.2. The van der Waals surface area contributed by atoms with E-state index in [0.29, 0.717) is 13.0 Å². The molecule has 1 aromatic rings. The van der Waals surface area contributed by atoms with Crippen LogP contribution in [-0.2, 0) is 20.9 Å². The molecular weight excluding hydrogens is 318 g/mol. The summed E-state index contributed by atoms with van der Waals surface area (Å²) in [6.45, 7) is 0.446. The van der Waals surface area contributed by atoms with Crippen LogP contribution in [0.3, 0.4) is 0 Å². The van der Waals surface area contributed by atoms with Crippen LogP contribution in [0.15, 0.2) is 18.2 Å². The van der Waals surface area contributed by atoms with Crippen molar-refractivity contribution in [1.29, 1.82) is 0 Å². The highest BCUT2D eigenvalue weighted by Gasteiger charge is 2.28. The molecule has 132 valence electrons. The molecule has 1 heterocycles. The summed E-state index contributed by atoms with van der Waals surface area (Å²) in [6, 6.07) is 3.25. The van der Waals surface area contributed by atoms with Gasteiger partial charge in [-0.15, -0.1) is 0 Å². The Kier molecular flexibility index (Phi) is 6.25. The minimum absolute atomic E-state index is 0.0146. The average Bonchev–Trinajstić information content (AvgIpc) is 2.72. The van der Waals surface area contributed by atoms with E-state index in [2.05, 4.69) is 0 Å². The second-order valence-electron chi connectivity index (χ2n) is 5.97. The third kappa shape index (κ3) is 4.50. The van der Waals surface area contributed by atoms with Crippen molar-refractivity contribution in [3.05, 3.63) is 35.4 Å². The van der Waals surface area contributed by atoms with E-state index < -0.39 is 17.7 Å². The minimum atomic E-state index is -0.694. The van der Waals surface area contributed by atoms with E-state index >= 15 is 0 Å². The summed E-state index contributed by atoms with van der Waals surface area (Å²) in [5, 5.41) is 0. The van der Waals surface area contributed by atoms with E-state index in [4.69, 9.17) is 4.74 Å². The highest BCUT2D eigenvalue weighted by atomic mass is 19.1. The van der Waals surface area contributed by atoms with E-state index in [1.807, 2.05) is 0 Å². The van der Waals surface area contributed by atoms with Crippen LogP contribution in [0.4, 0.5) is 8.78 Å². The van der Waals surface area contributed by atoms with Gasteiger partial charge in [-0.1, -0.05) is 6.07 Å². The molecule has 5 nitrogen and oxygen atoms in total. The van der Waals surface area contributed by atoms with Crippen LogP contribution < -0.4 is 0 Å². The fourth-order valence-corrected chi connectivity index (χ4v) is 2.72. The van der Waals surface area contributed by atoms with E-state index in [9.17, 15) is 18.4 Å². The lowest BCUT2D eigenvalue weighted by molar-refractivity contribution is -0.146. The predicted octanol–water partition coefficient (Wildman–Crippen LogP) is 1.95. The number of hydrogen-bond donors (Lipinski definition) is 0. The molecule has 0 aliphatic carbocycles. The molecule has 24 heavy (non-hydrogen) atoms. The molecule has 1 unspecified atom stereocenters. The molecule has 0 bridgehead atoms. The van der Waals surface area contributed by atoms with Gasteiger partial charge in [-0.05, 0) is 25.3 Å². The monoisotopic (exact) mass is 340 g/mol. The van der Waals surface area contributed by atoms with Crippen molar-refractivity contribution in [2.24, 2.45) is 0 Å². The van der Waals surface area contributed by atoms with Crippen molar-refractivity contribution >= 4 is 11.8 Å². The van der Waals surface area contributed by atoms with E-state index in [1.54, 1.807) is 0 Å². The summed E-state index contributed by atoms with van der Waals surface area (Å²) < 4.78 is 31.8. The molecule has 7 heteroatoms. The third-order valence-corrected chi connectivity index (χ3v) is 4.19. The van der Waals surface area contributed by atoms with E-state index in [-0.39, 0.29) is 30.5 Å². The molecule has 1 fully saturated rings. The Balaban J connectivity index is 1.98. The number of nitrogens with zero attached hydrogens (tertiary/aromatic N) is 2. The number of likely N-dealkylation sites (N-methyl/N-ethyl adjacent to an activating group) is 1. The Hall–Kier alpha value is -2.02. The highest BCUT2D eigenvalue weighted by Crippen LogP contribution is 2.15. The molecule has 0 aromatic heterocycles. The molecule has 1 aliphatic rings. The van der Waals surface area contributed by atoms with Gasteiger partial charge in [-0.2, -0.15) is 0 Å². The van der Waals surface area contributed by atoms with Crippen molar-refractivity contribution < 1.29 is 23.1 Å². The lowest BCUT2D eigenvalue weighted by Gasteiger charge is -2.26. The normalized spacial score (nSPS) is 18.4. The maximum atomic E-state index is 13.7. The molecule has 0 spiro atoms. The van der Waals surface area contributed by atoms with Crippen molar-refractivity contribution in [3.8, 4) is 0 Å². The Bertz CT molecular complexity index is 609. The topological polar surface area (TPSA) is 49.9 Å². The van der Waals surface area contributed by atoms with Crippen LogP contribution in [0.25, 0.3) is 0 Å². The third-order valence-electron chi connectivity index (χ3n) is 4.19. The van der Waals surface area contributed by atoms with Crippen LogP contribution in [-0.4, -0.2) is 55.0 Å². The fraction of sp³-hybridized carbons (Fsp3) is 0.529. The van der Waals surface area contributed by atoms with Gasteiger partial charge >= 0.3 is 0 Å². The van der Waals surface area contributed by atoms with Gasteiger partial charge in [0.2, 0.25) is 5.91 Å². The number of carbonyl (C=O) groups excluding carboxylic acids is 2. The van der Waals surface area contributed by atoms with Gasteiger partial charge in [0.05, 0.1) is 6.54 Å². The first kappa shape index (κ1) is 18.3. The van der Waals surface area contributed by atoms with Gasteiger partial charge in [0.15, 0.2) is 0 Å². The van der Waals surface area contributed by atoms with E-state index in [0.717, 1.165) is 25.0 Å². The first-order valence-electron chi connectivity index (χ1n) is 7.92. The Morgan fingerprint density at radius 3 is 2.79 bits per heavy atom. The van der Waals surface area contributed by atoms with Gasteiger partial charge < -0.3 is 14.5 Å². The number of carbonyl (C=O) groups is 2. The summed E-state index contributed by atoms with van der Waals surface area (Å²) in [5.74, 6) is -1.85. The number of rotatable bonds is 5. The minimum Gasteiger partial charge on any atom is -0.372 e. The fourth-order valence-electron chi connectivity index (χ4n) is 2.72. The number of likely N-dealkylation sites (tertiary alicyclic amines) is 1. The summed E-state index contributed by atoms with van der Waals surface area (Å²) in [7, 11) is 3.01. The van der Waals surface area contributed by atoms with Gasteiger partial charge in [0.1, 0.15) is 17.7 Å². The van der Waals surface area contributed by atoms with Crippen LogP contribution in [0.2, 0.25) is 0 Å². The first-order chi connectivity index (χ1) is 11.4. The first-order valence-corrected chi connectivity index (χ1v) is 7.92. The number of halogens is 2. The molecule has 0 saturated carbocycles. The molecule has 2 amide bonds. The number of ether oxygens (including phenoxy) is 1. The largest absolute Gasteiger partial charge is 0.372 e. The van der Waals surface area contributed by atoms with Crippen molar-refractivity contribution in [2.75, 3.05) is 27.2 Å². The Labute approximate surface area is 140 Å². The van der Waals surface area contributed by atoms with Gasteiger partial charge in [0.25, 0.3) is 5.91 Å². The molecule has 2 rings (SSSR count). The lowest BCUT2D eigenvalue weighted by Crippen LogP contribution is -2.45.